The fraction of sp³-hybridized carbons (Fsp3) is 0.214. The molecule has 1 N–H and O–H groups in total. The van der Waals surface area contributed by atoms with Gasteiger partial charge in [0.05, 0.1) is 10.6 Å². The summed E-state index contributed by atoms with van der Waals surface area (Å²) in [6.07, 6.45) is 0.884. The fourth-order valence-electron chi connectivity index (χ4n) is 2.27. The van der Waals surface area contributed by atoms with Crippen LogP contribution in [0.4, 0.5) is 0 Å². The van der Waals surface area contributed by atoms with Gasteiger partial charge in [-0.25, -0.2) is 0 Å². The molecule has 0 unspecified atom stereocenters. The van der Waals surface area contributed by atoms with Crippen LogP contribution in [0.15, 0.2) is 29.6 Å². The van der Waals surface area contributed by atoms with E-state index in [1.54, 1.807) is 22.3 Å². The Kier molecular flexibility index (Phi) is 3.21. The molecule has 19 heavy (non-hydrogen) atoms. The molecule has 0 saturated carbocycles. The first-order valence-electron chi connectivity index (χ1n) is 5.98. The van der Waals surface area contributed by atoms with Gasteiger partial charge in [-0.2, -0.15) is 0 Å². The first-order valence-corrected chi connectivity index (χ1v) is 7.24. The van der Waals surface area contributed by atoms with Gasteiger partial charge in [0, 0.05) is 18.0 Å². The van der Waals surface area contributed by atoms with Crippen molar-refractivity contribution in [2.75, 3.05) is 6.54 Å². The molecule has 98 valence electrons. The number of fused-ring (bicyclic) bond motifs is 1. The topological polar surface area (TPSA) is 40.5 Å². The van der Waals surface area contributed by atoms with Crippen molar-refractivity contribution >= 4 is 28.8 Å². The molecule has 0 spiro atoms. The molecule has 0 radical (unpaired) electrons. The minimum absolute atomic E-state index is 0.0565. The van der Waals surface area contributed by atoms with Crippen molar-refractivity contribution in [3.05, 3.63) is 50.7 Å². The predicted octanol–water partition coefficient (Wildman–Crippen LogP) is 3.31. The molecule has 1 aliphatic heterocycles. The average Bonchev–Trinajstić information content (AvgIpc) is 2.88. The molecule has 1 aromatic heterocycles. The Morgan fingerprint density at radius 1 is 1.37 bits per heavy atom. The third kappa shape index (κ3) is 2.33. The van der Waals surface area contributed by atoms with Crippen LogP contribution in [0.3, 0.4) is 0 Å². The highest BCUT2D eigenvalue weighted by Gasteiger charge is 2.24. The van der Waals surface area contributed by atoms with Gasteiger partial charge in [-0.05, 0) is 41.6 Å². The Labute approximate surface area is 120 Å². The van der Waals surface area contributed by atoms with Crippen LogP contribution in [0.2, 0.25) is 5.02 Å². The van der Waals surface area contributed by atoms with Crippen LogP contribution in [-0.2, 0) is 13.0 Å². The summed E-state index contributed by atoms with van der Waals surface area (Å²) in [4.78, 5) is 15.6. The SMILES string of the molecule is O=C(c1cc(O)ccc1Cl)N1CCc2sccc2C1. The Morgan fingerprint density at radius 3 is 3.05 bits per heavy atom. The number of hydrogen-bond donors (Lipinski definition) is 1. The number of nitrogens with zero attached hydrogens (tertiary/aromatic N) is 1. The second kappa shape index (κ2) is 4.87. The molecular formula is C14H12ClNO2S. The molecule has 2 aromatic rings. The maximum Gasteiger partial charge on any atom is 0.255 e. The number of aromatic hydroxyl groups is 1. The van der Waals surface area contributed by atoms with Gasteiger partial charge in [-0.15, -0.1) is 11.3 Å². The summed E-state index contributed by atoms with van der Waals surface area (Å²) in [6.45, 7) is 1.31. The minimum atomic E-state index is -0.127. The third-order valence-corrected chi connectivity index (χ3v) is 4.63. The van der Waals surface area contributed by atoms with E-state index in [4.69, 9.17) is 11.6 Å². The Balaban J connectivity index is 1.87. The van der Waals surface area contributed by atoms with Crippen molar-refractivity contribution in [3.8, 4) is 5.75 Å². The summed E-state index contributed by atoms with van der Waals surface area (Å²) in [6, 6.07) is 6.51. The number of carbonyl (C=O) groups is 1. The van der Waals surface area contributed by atoms with Crippen molar-refractivity contribution in [2.45, 2.75) is 13.0 Å². The maximum atomic E-state index is 12.4. The molecule has 2 heterocycles. The van der Waals surface area contributed by atoms with E-state index in [1.807, 2.05) is 0 Å². The maximum absolute atomic E-state index is 12.4. The average molecular weight is 294 g/mol. The predicted molar refractivity (Wildman–Crippen MR) is 75.9 cm³/mol. The van der Waals surface area contributed by atoms with Crippen LogP contribution in [0, 0.1) is 0 Å². The zero-order chi connectivity index (χ0) is 13.4. The molecule has 1 amide bonds. The third-order valence-electron chi connectivity index (χ3n) is 3.28. The minimum Gasteiger partial charge on any atom is -0.508 e. The summed E-state index contributed by atoms with van der Waals surface area (Å²) in [5.74, 6) is -0.0706. The number of rotatable bonds is 1. The first kappa shape index (κ1) is 12.5. The van der Waals surface area contributed by atoms with E-state index in [0.29, 0.717) is 23.7 Å². The zero-order valence-electron chi connectivity index (χ0n) is 10.1. The Morgan fingerprint density at radius 2 is 2.21 bits per heavy atom. The van der Waals surface area contributed by atoms with Crippen LogP contribution in [0.5, 0.6) is 5.75 Å². The Bertz CT molecular complexity index is 638. The van der Waals surface area contributed by atoms with Gasteiger partial charge in [0.1, 0.15) is 5.75 Å². The van der Waals surface area contributed by atoms with Gasteiger partial charge in [0.25, 0.3) is 5.91 Å². The van der Waals surface area contributed by atoms with Gasteiger partial charge in [0.2, 0.25) is 0 Å². The zero-order valence-corrected chi connectivity index (χ0v) is 11.7. The van der Waals surface area contributed by atoms with Crippen LogP contribution < -0.4 is 0 Å². The van der Waals surface area contributed by atoms with E-state index in [-0.39, 0.29) is 11.7 Å². The van der Waals surface area contributed by atoms with E-state index >= 15 is 0 Å². The summed E-state index contributed by atoms with van der Waals surface area (Å²) in [5, 5.41) is 11.9. The van der Waals surface area contributed by atoms with Crippen LogP contribution in [-0.4, -0.2) is 22.5 Å². The molecule has 0 fully saturated rings. The van der Waals surface area contributed by atoms with E-state index in [9.17, 15) is 9.90 Å². The molecule has 0 aliphatic carbocycles. The van der Waals surface area contributed by atoms with Crippen molar-refractivity contribution in [1.29, 1.82) is 0 Å². The summed E-state index contributed by atoms with van der Waals surface area (Å²) in [5.41, 5.74) is 1.57. The molecule has 5 heteroatoms. The van der Waals surface area contributed by atoms with Crippen LogP contribution >= 0.6 is 22.9 Å². The van der Waals surface area contributed by atoms with Crippen LogP contribution in [0.25, 0.3) is 0 Å². The second-order valence-electron chi connectivity index (χ2n) is 4.51. The normalized spacial score (nSPS) is 14.3. The molecular weight excluding hydrogens is 282 g/mol. The number of carbonyl (C=O) groups excluding carboxylic acids is 1. The molecule has 0 saturated heterocycles. The Hall–Kier alpha value is -1.52. The lowest BCUT2D eigenvalue weighted by Crippen LogP contribution is -2.35. The molecule has 3 rings (SSSR count). The highest BCUT2D eigenvalue weighted by atomic mass is 35.5. The van der Waals surface area contributed by atoms with Crippen molar-refractivity contribution in [3.63, 3.8) is 0 Å². The molecule has 1 aliphatic rings. The molecule has 0 bridgehead atoms. The number of phenolic OH excluding ortho intramolecular Hbond substituents is 1. The number of thiophene rings is 1. The van der Waals surface area contributed by atoms with E-state index in [2.05, 4.69) is 11.4 Å². The van der Waals surface area contributed by atoms with Gasteiger partial charge in [-0.1, -0.05) is 11.6 Å². The van der Waals surface area contributed by atoms with Crippen LogP contribution in [0.1, 0.15) is 20.8 Å². The highest BCUT2D eigenvalue weighted by Crippen LogP contribution is 2.27. The molecule has 1 aromatic carbocycles. The lowest BCUT2D eigenvalue weighted by Gasteiger charge is -2.27. The summed E-state index contributed by atoms with van der Waals surface area (Å²) >= 11 is 7.77. The smallest absolute Gasteiger partial charge is 0.255 e. The lowest BCUT2D eigenvalue weighted by atomic mass is 10.1. The molecule has 3 nitrogen and oxygen atoms in total. The van der Waals surface area contributed by atoms with E-state index in [0.717, 1.165) is 6.42 Å². The van der Waals surface area contributed by atoms with Gasteiger partial charge in [-0.3, -0.25) is 4.79 Å². The quantitative estimate of drug-likeness (QED) is 0.876. The summed E-state index contributed by atoms with van der Waals surface area (Å²) < 4.78 is 0. The lowest BCUT2D eigenvalue weighted by molar-refractivity contribution is 0.0735. The standard InChI is InChI=1S/C14H12ClNO2S/c15-12-2-1-10(17)7-11(12)14(18)16-5-3-13-9(8-16)4-6-19-13/h1-2,4,6-7,17H,3,5,8H2. The number of phenols is 1. The van der Waals surface area contributed by atoms with Crippen molar-refractivity contribution in [2.24, 2.45) is 0 Å². The van der Waals surface area contributed by atoms with E-state index < -0.39 is 0 Å². The highest BCUT2D eigenvalue weighted by molar-refractivity contribution is 7.10. The van der Waals surface area contributed by atoms with Gasteiger partial charge >= 0.3 is 0 Å². The number of hydrogen-bond acceptors (Lipinski definition) is 3. The number of amides is 1. The largest absolute Gasteiger partial charge is 0.508 e. The monoisotopic (exact) mass is 293 g/mol. The number of benzene rings is 1. The van der Waals surface area contributed by atoms with E-state index in [1.165, 1.54) is 22.6 Å². The van der Waals surface area contributed by atoms with Crippen molar-refractivity contribution in [1.82, 2.24) is 4.90 Å². The summed E-state index contributed by atoms with van der Waals surface area (Å²) in [7, 11) is 0. The van der Waals surface area contributed by atoms with Crippen molar-refractivity contribution < 1.29 is 9.90 Å². The number of halogens is 1. The second-order valence-corrected chi connectivity index (χ2v) is 5.92. The first-order chi connectivity index (χ1) is 9.15. The molecule has 0 atom stereocenters. The fourth-order valence-corrected chi connectivity index (χ4v) is 3.36. The van der Waals surface area contributed by atoms with Gasteiger partial charge < -0.3 is 10.0 Å². The van der Waals surface area contributed by atoms with Gasteiger partial charge in [0.15, 0.2) is 0 Å².